The number of fused-ring (bicyclic) bond motifs is 1. The van der Waals surface area contributed by atoms with Crippen LogP contribution >= 0.6 is 23.1 Å². The van der Waals surface area contributed by atoms with Crippen LogP contribution in [0.3, 0.4) is 0 Å². The van der Waals surface area contributed by atoms with Gasteiger partial charge in [-0.1, -0.05) is 42.1 Å². The summed E-state index contributed by atoms with van der Waals surface area (Å²) in [6.07, 6.45) is 0. The zero-order chi connectivity index (χ0) is 20.1. The van der Waals surface area contributed by atoms with Crippen LogP contribution in [0, 0.1) is 5.82 Å². The minimum absolute atomic E-state index is 0.148. The van der Waals surface area contributed by atoms with Gasteiger partial charge in [0.05, 0.1) is 10.2 Å². The minimum Gasteiger partial charge on any atom is -0.484 e. The molecule has 1 heterocycles. The Balaban J connectivity index is 1.35. The van der Waals surface area contributed by atoms with E-state index in [9.17, 15) is 9.18 Å². The summed E-state index contributed by atoms with van der Waals surface area (Å²) >= 11 is 3.30. The lowest BCUT2D eigenvalue weighted by Gasteiger charge is -2.07. The minimum atomic E-state index is -0.346. The summed E-state index contributed by atoms with van der Waals surface area (Å²) < 4.78 is 20.3. The number of hydrogen-bond donors (Lipinski definition) is 1. The van der Waals surface area contributed by atoms with Crippen molar-refractivity contribution in [1.82, 2.24) is 4.98 Å². The van der Waals surface area contributed by atoms with E-state index in [4.69, 9.17) is 4.74 Å². The van der Waals surface area contributed by atoms with Crippen LogP contribution < -0.4 is 10.1 Å². The molecule has 1 aromatic heterocycles. The Labute approximate surface area is 175 Å². The number of anilines is 1. The number of amides is 1. The molecule has 0 bridgehead atoms. The maximum Gasteiger partial charge on any atom is 0.262 e. The second-order valence-corrected chi connectivity index (χ2v) is 8.48. The van der Waals surface area contributed by atoms with E-state index in [0.717, 1.165) is 20.3 Å². The molecule has 4 aromatic rings. The van der Waals surface area contributed by atoms with Crippen LogP contribution in [-0.4, -0.2) is 17.5 Å². The number of hydrogen-bond acceptors (Lipinski definition) is 5. The van der Waals surface area contributed by atoms with Crippen LogP contribution in [0.2, 0.25) is 0 Å². The number of thioether (sulfide) groups is 1. The van der Waals surface area contributed by atoms with E-state index in [1.54, 1.807) is 23.1 Å². The van der Waals surface area contributed by atoms with Gasteiger partial charge in [0.25, 0.3) is 5.91 Å². The van der Waals surface area contributed by atoms with Gasteiger partial charge in [0.1, 0.15) is 11.6 Å². The average Bonchev–Trinajstić information content (AvgIpc) is 3.15. The van der Waals surface area contributed by atoms with Gasteiger partial charge < -0.3 is 10.1 Å². The number of benzene rings is 3. The number of aromatic nitrogens is 1. The Morgan fingerprint density at radius 3 is 2.66 bits per heavy atom. The van der Waals surface area contributed by atoms with Crippen molar-refractivity contribution >= 4 is 44.9 Å². The van der Waals surface area contributed by atoms with E-state index in [2.05, 4.69) is 22.4 Å². The number of nitrogens with one attached hydrogen (secondary N) is 1. The number of carbonyl (C=O) groups is 1. The van der Waals surface area contributed by atoms with Crippen molar-refractivity contribution in [3.8, 4) is 5.75 Å². The van der Waals surface area contributed by atoms with E-state index in [0.29, 0.717) is 11.4 Å². The fourth-order valence-electron chi connectivity index (χ4n) is 2.64. The van der Waals surface area contributed by atoms with Gasteiger partial charge in [-0.25, -0.2) is 9.37 Å². The summed E-state index contributed by atoms with van der Waals surface area (Å²) in [5, 5.41) is 2.82. The lowest BCUT2D eigenvalue weighted by atomic mass is 10.2. The van der Waals surface area contributed by atoms with Crippen molar-refractivity contribution in [3.63, 3.8) is 0 Å². The highest BCUT2D eigenvalue weighted by molar-refractivity contribution is 8.00. The molecule has 0 unspecified atom stereocenters. The fourth-order valence-corrected chi connectivity index (χ4v) is 4.70. The van der Waals surface area contributed by atoms with Gasteiger partial charge in [-0.3, -0.25) is 4.79 Å². The smallest absolute Gasteiger partial charge is 0.262 e. The third-order valence-electron chi connectivity index (χ3n) is 4.04. The Morgan fingerprint density at radius 1 is 1.07 bits per heavy atom. The van der Waals surface area contributed by atoms with Crippen molar-refractivity contribution < 1.29 is 13.9 Å². The molecule has 4 nitrogen and oxygen atoms in total. The molecule has 0 saturated heterocycles. The molecule has 1 amide bonds. The average molecular weight is 425 g/mol. The van der Waals surface area contributed by atoms with Gasteiger partial charge in [0.2, 0.25) is 0 Å². The van der Waals surface area contributed by atoms with Crippen molar-refractivity contribution in [3.05, 3.63) is 84.2 Å². The summed E-state index contributed by atoms with van der Waals surface area (Å²) in [6, 6.07) is 21.5. The largest absolute Gasteiger partial charge is 0.484 e. The molecule has 0 saturated carbocycles. The zero-order valence-electron chi connectivity index (χ0n) is 15.3. The number of halogens is 1. The van der Waals surface area contributed by atoms with Crippen molar-refractivity contribution in [2.45, 2.75) is 10.1 Å². The zero-order valence-corrected chi connectivity index (χ0v) is 16.9. The second-order valence-electron chi connectivity index (χ2n) is 6.23. The van der Waals surface area contributed by atoms with E-state index < -0.39 is 0 Å². The first-order valence-corrected chi connectivity index (χ1v) is 10.7. The first kappa shape index (κ1) is 19.4. The summed E-state index contributed by atoms with van der Waals surface area (Å²) in [4.78, 5) is 16.8. The lowest BCUT2D eigenvalue weighted by Crippen LogP contribution is -2.20. The fraction of sp³-hybridized carbons (Fsp3) is 0.0909. The molecular formula is C22H17FN2O2S2. The highest BCUT2D eigenvalue weighted by Gasteiger charge is 2.08. The van der Waals surface area contributed by atoms with E-state index in [1.807, 2.05) is 36.4 Å². The van der Waals surface area contributed by atoms with E-state index in [-0.39, 0.29) is 18.3 Å². The topological polar surface area (TPSA) is 51.2 Å². The monoisotopic (exact) mass is 424 g/mol. The van der Waals surface area contributed by atoms with Crippen LogP contribution in [0.25, 0.3) is 10.2 Å². The van der Waals surface area contributed by atoms with Crippen LogP contribution in [0.15, 0.2) is 77.1 Å². The molecule has 0 spiro atoms. The quantitative estimate of drug-likeness (QED) is 0.384. The third kappa shape index (κ3) is 5.34. The number of nitrogens with zero attached hydrogens (tertiary/aromatic N) is 1. The normalized spacial score (nSPS) is 10.8. The maximum atomic E-state index is 12.9. The molecule has 0 aliphatic rings. The third-order valence-corrected chi connectivity index (χ3v) is 6.27. The molecule has 0 aliphatic carbocycles. The molecule has 0 atom stereocenters. The predicted octanol–water partition coefficient (Wildman–Crippen LogP) is 5.75. The van der Waals surface area contributed by atoms with Gasteiger partial charge in [0.15, 0.2) is 10.9 Å². The van der Waals surface area contributed by atoms with Crippen molar-refractivity contribution in [2.24, 2.45) is 0 Å². The Kier molecular flexibility index (Phi) is 6.07. The maximum absolute atomic E-state index is 12.9. The molecule has 1 N–H and O–H groups in total. The number of ether oxygens (including phenoxy) is 1. The highest BCUT2D eigenvalue weighted by Crippen LogP contribution is 2.32. The van der Waals surface area contributed by atoms with Crippen LogP contribution in [-0.2, 0) is 10.5 Å². The molecule has 7 heteroatoms. The van der Waals surface area contributed by atoms with Crippen molar-refractivity contribution in [1.29, 1.82) is 0 Å². The Hall–Kier alpha value is -2.90. The summed E-state index contributed by atoms with van der Waals surface area (Å²) in [5.41, 5.74) is 2.85. The molecule has 3 aromatic carbocycles. The molecule has 146 valence electrons. The second kappa shape index (κ2) is 9.07. The molecule has 0 radical (unpaired) electrons. The van der Waals surface area contributed by atoms with Gasteiger partial charge >= 0.3 is 0 Å². The van der Waals surface area contributed by atoms with Crippen LogP contribution in [0.1, 0.15) is 5.56 Å². The lowest BCUT2D eigenvalue weighted by molar-refractivity contribution is -0.118. The first-order chi connectivity index (χ1) is 14.2. The molecule has 0 fully saturated rings. The SMILES string of the molecule is O=C(COc1ccc(F)cc1)Nc1ccc2nc(SCc3ccccc3)sc2c1. The van der Waals surface area contributed by atoms with Crippen molar-refractivity contribution in [2.75, 3.05) is 11.9 Å². The predicted molar refractivity (Wildman–Crippen MR) is 116 cm³/mol. The Bertz CT molecular complexity index is 1110. The van der Waals surface area contributed by atoms with Gasteiger partial charge in [-0.05, 0) is 48.0 Å². The number of carbonyl (C=O) groups excluding carboxylic acids is 1. The summed E-state index contributed by atoms with van der Waals surface area (Å²) in [7, 11) is 0. The van der Waals surface area contributed by atoms with E-state index in [1.165, 1.54) is 29.8 Å². The van der Waals surface area contributed by atoms with Crippen LogP contribution in [0.5, 0.6) is 5.75 Å². The molecule has 4 rings (SSSR count). The van der Waals surface area contributed by atoms with Crippen LogP contribution in [0.4, 0.5) is 10.1 Å². The number of rotatable bonds is 7. The Morgan fingerprint density at radius 2 is 1.86 bits per heavy atom. The first-order valence-electron chi connectivity index (χ1n) is 8.91. The molecule has 0 aliphatic heterocycles. The number of thiazole rings is 1. The van der Waals surface area contributed by atoms with Gasteiger partial charge in [-0.2, -0.15) is 0 Å². The van der Waals surface area contributed by atoms with Gasteiger partial charge in [0, 0.05) is 11.4 Å². The van der Waals surface area contributed by atoms with Gasteiger partial charge in [-0.15, -0.1) is 11.3 Å². The summed E-state index contributed by atoms with van der Waals surface area (Å²) in [6.45, 7) is -0.148. The summed E-state index contributed by atoms with van der Waals surface area (Å²) in [5.74, 6) is 0.683. The van der Waals surface area contributed by atoms with E-state index >= 15 is 0 Å². The molecule has 29 heavy (non-hydrogen) atoms. The highest BCUT2D eigenvalue weighted by atomic mass is 32.2. The standard InChI is InChI=1S/C22H17FN2O2S2/c23-16-6-9-18(10-7-16)27-13-21(26)24-17-8-11-19-20(12-17)29-22(25-19)28-14-15-4-2-1-3-5-15/h1-12H,13-14H2,(H,24,26). The molecular weight excluding hydrogens is 407 g/mol.